The van der Waals surface area contributed by atoms with Gasteiger partial charge in [-0.1, -0.05) is 47.1 Å². The minimum absolute atomic E-state index is 0. The molecule has 0 aliphatic carbocycles. The maximum Gasteiger partial charge on any atom is 0.240 e. The van der Waals surface area contributed by atoms with E-state index in [1.807, 2.05) is 12.1 Å². The molecule has 132 valence electrons. The zero-order valence-corrected chi connectivity index (χ0v) is 16.4. The number of benzene rings is 1. The summed E-state index contributed by atoms with van der Waals surface area (Å²) in [5.41, 5.74) is 7.47. The summed E-state index contributed by atoms with van der Waals surface area (Å²) in [6.07, 6.45) is 1.69. The van der Waals surface area contributed by atoms with Gasteiger partial charge < -0.3 is 10.3 Å². The van der Waals surface area contributed by atoms with Gasteiger partial charge in [-0.2, -0.15) is 4.98 Å². The molecule has 5 nitrogen and oxygen atoms in total. The van der Waals surface area contributed by atoms with E-state index in [1.54, 1.807) is 0 Å². The average Bonchev–Trinajstić information content (AvgIpc) is 2.90. The molecule has 1 aromatic heterocycles. The summed E-state index contributed by atoms with van der Waals surface area (Å²) in [4.78, 5) is 6.88. The quantitative estimate of drug-likeness (QED) is 0.829. The fourth-order valence-corrected chi connectivity index (χ4v) is 3.51. The summed E-state index contributed by atoms with van der Waals surface area (Å²) < 4.78 is 6.48. The number of likely N-dealkylation sites (tertiary alicyclic amines) is 1. The van der Waals surface area contributed by atoms with Crippen LogP contribution in [0.5, 0.6) is 0 Å². The minimum Gasteiger partial charge on any atom is -0.338 e. The smallest absolute Gasteiger partial charge is 0.240 e. The predicted octanol–water partition coefficient (Wildman–Crippen LogP) is 3.40. The zero-order valence-electron chi connectivity index (χ0n) is 14.0. The van der Waals surface area contributed by atoms with Crippen molar-refractivity contribution in [1.82, 2.24) is 15.0 Å². The molecular weight excluding hydrogens is 392 g/mol. The Morgan fingerprint density at radius 1 is 1.42 bits per heavy atom. The van der Waals surface area contributed by atoms with E-state index in [2.05, 4.69) is 57.0 Å². The first-order valence-corrected chi connectivity index (χ1v) is 8.75. The van der Waals surface area contributed by atoms with E-state index in [1.165, 1.54) is 0 Å². The normalized spacial score (nSPS) is 20.6. The third kappa shape index (κ3) is 4.79. The second kappa shape index (κ2) is 7.95. The van der Waals surface area contributed by atoms with Crippen LogP contribution in [0, 0.1) is 5.41 Å². The van der Waals surface area contributed by atoms with Gasteiger partial charge in [0.05, 0.1) is 6.54 Å². The number of nitrogens with two attached hydrogens (primary N) is 1. The summed E-state index contributed by atoms with van der Waals surface area (Å²) >= 11 is 3.48. The standard InChI is InChI=1S/C17H23BrN4O.ClH/c1-17(2)11-22(7-6-14(17)19)10-16-20-15(21-23-16)9-12-4-3-5-13(18)8-12;/h3-5,8,14H,6-7,9-11,19H2,1-2H3;1H. The molecule has 2 heterocycles. The van der Waals surface area contributed by atoms with Crippen LogP contribution in [0.2, 0.25) is 0 Å². The Morgan fingerprint density at radius 2 is 2.21 bits per heavy atom. The second-order valence-corrected chi connectivity index (χ2v) is 7.92. The van der Waals surface area contributed by atoms with Gasteiger partial charge in [0.25, 0.3) is 0 Å². The number of halogens is 2. The number of rotatable bonds is 4. The molecule has 0 bridgehead atoms. The number of hydrogen-bond acceptors (Lipinski definition) is 5. The largest absolute Gasteiger partial charge is 0.338 e. The summed E-state index contributed by atoms with van der Waals surface area (Å²) in [7, 11) is 0. The van der Waals surface area contributed by atoms with E-state index in [9.17, 15) is 0 Å². The van der Waals surface area contributed by atoms with Crippen LogP contribution in [0.3, 0.4) is 0 Å². The van der Waals surface area contributed by atoms with Gasteiger partial charge in [-0.05, 0) is 29.5 Å². The first kappa shape index (κ1) is 19.4. The van der Waals surface area contributed by atoms with Crippen molar-refractivity contribution in [3.05, 3.63) is 46.0 Å². The van der Waals surface area contributed by atoms with Crippen LogP contribution in [0.15, 0.2) is 33.3 Å². The SMILES string of the molecule is CC1(C)CN(Cc2nc(Cc3cccc(Br)c3)no2)CCC1N.Cl. The molecule has 2 aromatic rings. The van der Waals surface area contributed by atoms with Crippen LogP contribution in [-0.2, 0) is 13.0 Å². The number of piperidine rings is 1. The van der Waals surface area contributed by atoms with Crippen molar-refractivity contribution in [1.29, 1.82) is 0 Å². The maximum atomic E-state index is 6.19. The molecule has 0 saturated carbocycles. The van der Waals surface area contributed by atoms with Crippen molar-refractivity contribution in [2.75, 3.05) is 13.1 Å². The van der Waals surface area contributed by atoms with Crippen LogP contribution in [0.1, 0.15) is 37.5 Å². The average molecular weight is 416 g/mol. The van der Waals surface area contributed by atoms with Gasteiger partial charge in [-0.15, -0.1) is 12.4 Å². The minimum atomic E-state index is 0. The highest BCUT2D eigenvalue weighted by molar-refractivity contribution is 9.10. The number of nitrogens with zero attached hydrogens (tertiary/aromatic N) is 3. The summed E-state index contributed by atoms with van der Waals surface area (Å²) in [6.45, 7) is 7.07. The monoisotopic (exact) mass is 414 g/mol. The van der Waals surface area contributed by atoms with Crippen molar-refractivity contribution in [3.8, 4) is 0 Å². The fraction of sp³-hybridized carbons (Fsp3) is 0.529. The van der Waals surface area contributed by atoms with Gasteiger partial charge in [0, 0.05) is 30.0 Å². The van der Waals surface area contributed by atoms with E-state index >= 15 is 0 Å². The van der Waals surface area contributed by atoms with E-state index < -0.39 is 0 Å². The van der Waals surface area contributed by atoms with Gasteiger partial charge in [-0.25, -0.2) is 0 Å². The van der Waals surface area contributed by atoms with Crippen molar-refractivity contribution in [2.24, 2.45) is 11.1 Å². The number of hydrogen-bond donors (Lipinski definition) is 1. The lowest BCUT2D eigenvalue weighted by Gasteiger charge is -2.42. The number of aromatic nitrogens is 2. The zero-order chi connectivity index (χ0) is 16.4. The van der Waals surface area contributed by atoms with E-state index in [-0.39, 0.29) is 23.9 Å². The predicted molar refractivity (Wildman–Crippen MR) is 100 cm³/mol. The summed E-state index contributed by atoms with van der Waals surface area (Å²) in [5, 5.41) is 4.11. The Morgan fingerprint density at radius 3 is 2.92 bits per heavy atom. The van der Waals surface area contributed by atoms with Crippen LogP contribution in [0.25, 0.3) is 0 Å². The van der Waals surface area contributed by atoms with Crippen LogP contribution >= 0.6 is 28.3 Å². The van der Waals surface area contributed by atoms with Crippen LogP contribution in [0.4, 0.5) is 0 Å². The maximum absolute atomic E-state index is 6.19. The summed E-state index contributed by atoms with van der Waals surface area (Å²) in [5.74, 6) is 1.41. The van der Waals surface area contributed by atoms with Gasteiger partial charge in [-0.3, -0.25) is 4.90 Å². The lowest BCUT2D eigenvalue weighted by Crippen LogP contribution is -2.52. The molecule has 0 amide bonds. The lowest BCUT2D eigenvalue weighted by atomic mass is 9.80. The van der Waals surface area contributed by atoms with Crippen molar-refractivity contribution < 1.29 is 4.52 Å². The van der Waals surface area contributed by atoms with E-state index in [0.717, 1.165) is 35.4 Å². The first-order valence-electron chi connectivity index (χ1n) is 7.96. The highest BCUT2D eigenvalue weighted by atomic mass is 79.9. The molecule has 2 N–H and O–H groups in total. The Labute approximate surface area is 157 Å². The molecule has 1 fully saturated rings. The van der Waals surface area contributed by atoms with Gasteiger partial charge in [0.1, 0.15) is 0 Å². The van der Waals surface area contributed by atoms with Crippen LogP contribution in [-0.4, -0.2) is 34.2 Å². The lowest BCUT2D eigenvalue weighted by molar-refractivity contribution is 0.0811. The molecule has 24 heavy (non-hydrogen) atoms. The highest BCUT2D eigenvalue weighted by Gasteiger charge is 2.33. The van der Waals surface area contributed by atoms with E-state index in [0.29, 0.717) is 18.9 Å². The molecule has 3 rings (SSSR count). The Bertz CT molecular complexity index is 676. The van der Waals surface area contributed by atoms with Crippen molar-refractivity contribution in [2.45, 2.75) is 39.3 Å². The molecule has 1 atom stereocenters. The third-order valence-corrected chi connectivity index (χ3v) is 5.00. The topological polar surface area (TPSA) is 68.2 Å². The second-order valence-electron chi connectivity index (χ2n) is 7.01. The Hall–Kier alpha value is -0.950. The van der Waals surface area contributed by atoms with E-state index in [4.69, 9.17) is 10.3 Å². The van der Waals surface area contributed by atoms with Crippen molar-refractivity contribution in [3.63, 3.8) is 0 Å². The molecule has 1 aliphatic heterocycles. The highest BCUT2D eigenvalue weighted by Crippen LogP contribution is 2.28. The van der Waals surface area contributed by atoms with Gasteiger partial charge in [0.15, 0.2) is 5.82 Å². The Balaban J connectivity index is 0.00000208. The van der Waals surface area contributed by atoms with Crippen LogP contribution < -0.4 is 5.73 Å². The van der Waals surface area contributed by atoms with Gasteiger partial charge >= 0.3 is 0 Å². The Kier molecular flexibility index (Phi) is 6.42. The molecule has 1 aliphatic rings. The van der Waals surface area contributed by atoms with Crippen molar-refractivity contribution >= 4 is 28.3 Å². The molecule has 1 unspecified atom stereocenters. The molecule has 0 radical (unpaired) electrons. The first-order chi connectivity index (χ1) is 10.9. The summed E-state index contributed by atoms with van der Waals surface area (Å²) in [6, 6.07) is 8.42. The third-order valence-electron chi connectivity index (χ3n) is 4.51. The molecule has 0 spiro atoms. The van der Waals surface area contributed by atoms with Gasteiger partial charge in [0.2, 0.25) is 5.89 Å². The molecule has 7 heteroatoms. The fourth-order valence-electron chi connectivity index (χ4n) is 3.07. The molecule has 1 saturated heterocycles. The molecular formula is C17H24BrClN4O. The molecule has 1 aromatic carbocycles.